The van der Waals surface area contributed by atoms with Gasteiger partial charge in [-0.2, -0.15) is 0 Å². The van der Waals surface area contributed by atoms with Gasteiger partial charge in [0.25, 0.3) is 5.91 Å². The van der Waals surface area contributed by atoms with Gasteiger partial charge in [-0.05, 0) is 31.9 Å². The van der Waals surface area contributed by atoms with Crippen LogP contribution in [0.3, 0.4) is 0 Å². The van der Waals surface area contributed by atoms with Gasteiger partial charge < -0.3 is 19.8 Å². The Morgan fingerprint density at radius 2 is 1.97 bits per heavy atom. The lowest BCUT2D eigenvalue weighted by molar-refractivity contribution is -0.145. The number of carbonyl (C=O) groups excluding carboxylic acids is 3. The van der Waals surface area contributed by atoms with Crippen molar-refractivity contribution in [3.8, 4) is 0 Å². The number of anilines is 1. The van der Waals surface area contributed by atoms with Crippen molar-refractivity contribution in [2.45, 2.75) is 53.6 Å². The van der Waals surface area contributed by atoms with Gasteiger partial charge in [-0.15, -0.1) is 24.9 Å². The highest BCUT2D eigenvalue weighted by molar-refractivity contribution is 9.09. The van der Waals surface area contributed by atoms with Crippen LogP contribution in [0.1, 0.15) is 26.7 Å². The van der Waals surface area contributed by atoms with E-state index in [1.807, 2.05) is 6.92 Å². The van der Waals surface area contributed by atoms with Crippen LogP contribution in [0.2, 0.25) is 5.02 Å². The average Bonchev–Trinajstić information content (AvgIpc) is 3.49. The first-order chi connectivity index (χ1) is 18.2. The van der Waals surface area contributed by atoms with E-state index in [9.17, 15) is 19.5 Å². The lowest BCUT2D eigenvalue weighted by Crippen LogP contribution is -2.57. The second kappa shape index (κ2) is 11.7. The van der Waals surface area contributed by atoms with Crippen LogP contribution in [0.15, 0.2) is 49.6 Å². The molecule has 2 bridgehead atoms. The van der Waals surface area contributed by atoms with E-state index in [2.05, 4.69) is 29.1 Å². The highest BCUT2D eigenvalue weighted by Gasteiger charge is 2.76. The molecule has 0 aromatic heterocycles. The van der Waals surface area contributed by atoms with Gasteiger partial charge in [-0.1, -0.05) is 58.7 Å². The van der Waals surface area contributed by atoms with Crippen molar-refractivity contribution in [2.24, 2.45) is 11.8 Å². The van der Waals surface area contributed by atoms with Gasteiger partial charge in [0.2, 0.25) is 11.8 Å². The van der Waals surface area contributed by atoms with Gasteiger partial charge in [0.1, 0.15) is 6.04 Å². The highest BCUT2D eigenvalue weighted by Crippen LogP contribution is 2.68. The van der Waals surface area contributed by atoms with E-state index in [0.29, 0.717) is 30.2 Å². The molecule has 1 aromatic carbocycles. The number of halogens is 2. The first-order valence-corrected chi connectivity index (χ1v) is 15.2. The molecule has 206 valence electrons. The van der Waals surface area contributed by atoms with E-state index in [-0.39, 0.29) is 41.0 Å². The summed E-state index contributed by atoms with van der Waals surface area (Å²) < 4.78 is -0.816. The summed E-state index contributed by atoms with van der Waals surface area (Å²) >= 11 is 11.9. The van der Waals surface area contributed by atoms with E-state index in [1.165, 1.54) is 4.90 Å². The zero-order valence-electron chi connectivity index (χ0n) is 21.8. The van der Waals surface area contributed by atoms with Crippen molar-refractivity contribution >= 4 is 62.7 Å². The van der Waals surface area contributed by atoms with Gasteiger partial charge in [0.05, 0.1) is 39.9 Å². The molecule has 3 amide bonds. The molecule has 7 nitrogen and oxygen atoms in total. The number of nitrogens with zero attached hydrogens (tertiary/aromatic N) is 3. The minimum atomic E-state index is -0.870. The predicted molar refractivity (Wildman–Crippen MR) is 157 cm³/mol. The van der Waals surface area contributed by atoms with Gasteiger partial charge in [-0.3, -0.25) is 14.4 Å². The Balaban J connectivity index is 1.82. The summed E-state index contributed by atoms with van der Waals surface area (Å²) in [6.07, 6.45) is 4.68. The van der Waals surface area contributed by atoms with Crippen LogP contribution in [-0.2, 0) is 14.4 Å². The first kappa shape index (κ1) is 29.2. The molecule has 3 unspecified atom stereocenters. The number of alkyl halides is 1. The molecule has 1 aromatic rings. The van der Waals surface area contributed by atoms with Crippen molar-refractivity contribution in [3.63, 3.8) is 0 Å². The molecule has 3 aliphatic heterocycles. The molecule has 10 heteroatoms. The quantitative estimate of drug-likeness (QED) is 0.296. The number of thioether (sulfide) groups is 1. The summed E-state index contributed by atoms with van der Waals surface area (Å²) in [6, 6.07) is 5.62. The Morgan fingerprint density at radius 3 is 2.58 bits per heavy atom. The van der Waals surface area contributed by atoms with Crippen molar-refractivity contribution in [2.75, 3.05) is 31.1 Å². The predicted octanol–water partition coefficient (Wildman–Crippen LogP) is 4.13. The van der Waals surface area contributed by atoms with E-state index < -0.39 is 28.7 Å². The molecule has 7 atom stereocenters. The van der Waals surface area contributed by atoms with Crippen molar-refractivity contribution in [3.05, 3.63) is 54.6 Å². The SMILES string of the molecule is C=CCN(CCC)C(=O)[C@H]1[C@@H]2SC3(CC2Br)C(C(=O)N(CC=C)c2ccccc2Cl)N([C@H](C)CO)C(=O)[C@H]13. The number of para-hydroxylation sites is 1. The van der Waals surface area contributed by atoms with Crippen LogP contribution in [0.5, 0.6) is 0 Å². The summed E-state index contributed by atoms with van der Waals surface area (Å²) in [5.74, 6) is -1.84. The van der Waals surface area contributed by atoms with Crippen LogP contribution in [0, 0.1) is 11.8 Å². The molecular weight excluding hydrogens is 590 g/mol. The topological polar surface area (TPSA) is 81.2 Å². The van der Waals surface area contributed by atoms with Crippen molar-refractivity contribution < 1.29 is 19.5 Å². The van der Waals surface area contributed by atoms with Crippen LogP contribution < -0.4 is 4.90 Å². The van der Waals surface area contributed by atoms with Crippen LogP contribution in [0.25, 0.3) is 0 Å². The Morgan fingerprint density at radius 1 is 1.29 bits per heavy atom. The molecule has 3 heterocycles. The normalized spacial score (nSPS) is 30.2. The number of fused-ring (bicyclic) bond motifs is 1. The van der Waals surface area contributed by atoms with Crippen molar-refractivity contribution in [1.29, 1.82) is 0 Å². The molecule has 3 saturated heterocycles. The Hall–Kier alpha value is -1.81. The zero-order valence-corrected chi connectivity index (χ0v) is 24.9. The average molecular weight is 625 g/mol. The number of rotatable bonds is 11. The Labute approximate surface area is 242 Å². The third kappa shape index (κ3) is 4.63. The van der Waals surface area contributed by atoms with Crippen molar-refractivity contribution in [1.82, 2.24) is 9.80 Å². The summed E-state index contributed by atoms with van der Waals surface area (Å²) in [4.78, 5) is 47.5. The van der Waals surface area contributed by atoms with Crippen LogP contribution in [-0.4, -0.2) is 85.8 Å². The molecule has 0 radical (unpaired) electrons. The molecule has 0 aliphatic carbocycles. The summed E-state index contributed by atoms with van der Waals surface area (Å²) in [5.41, 5.74) is 0.531. The first-order valence-electron chi connectivity index (χ1n) is 13.0. The zero-order chi connectivity index (χ0) is 27.8. The number of benzene rings is 1. The van der Waals surface area contributed by atoms with E-state index in [0.717, 1.165) is 6.42 Å². The Kier molecular flexibility index (Phi) is 9.02. The van der Waals surface area contributed by atoms with E-state index in [1.54, 1.807) is 64.9 Å². The molecule has 3 aliphatic rings. The number of aliphatic hydroxyl groups excluding tert-OH is 1. The number of aliphatic hydroxyl groups is 1. The second-order valence-corrected chi connectivity index (χ2v) is 13.3. The highest BCUT2D eigenvalue weighted by atomic mass is 79.9. The molecule has 38 heavy (non-hydrogen) atoms. The molecule has 1 N–H and O–H groups in total. The monoisotopic (exact) mass is 623 g/mol. The summed E-state index contributed by atoms with van der Waals surface area (Å²) in [6.45, 7) is 12.3. The maximum absolute atomic E-state index is 14.5. The number of hydrogen-bond acceptors (Lipinski definition) is 5. The third-order valence-electron chi connectivity index (χ3n) is 7.86. The molecule has 4 rings (SSSR count). The fourth-order valence-corrected chi connectivity index (χ4v) is 10.2. The second-order valence-electron chi connectivity index (χ2n) is 10.2. The molecule has 0 saturated carbocycles. The minimum absolute atomic E-state index is 0.0365. The van der Waals surface area contributed by atoms with Gasteiger partial charge in [-0.25, -0.2) is 0 Å². The molecular formula is C28H35BrClN3O4S. The van der Waals surface area contributed by atoms with Crippen LogP contribution in [0.4, 0.5) is 5.69 Å². The maximum atomic E-state index is 14.5. The van der Waals surface area contributed by atoms with Gasteiger partial charge in [0, 0.05) is 29.7 Å². The van der Waals surface area contributed by atoms with Gasteiger partial charge >= 0.3 is 0 Å². The maximum Gasteiger partial charge on any atom is 0.251 e. The molecule has 1 spiro atoms. The fraction of sp³-hybridized carbons (Fsp3) is 0.536. The smallest absolute Gasteiger partial charge is 0.251 e. The Bertz CT molecular complexity index is 1120. The third-order valence-corrected chi connectivity index (χ3v) is 11.4. The summed E-state index contributed by atoms with van der Waals surface area (Å²) in [7, 11) is 0. The van der Waals surface area contributed by atoms with E-state index in [4.69, 9.17) is 11.6 Å². The fourth-order valence-electron chi connectivity index (χ4n) is 6.37. The lowest BCUT2D eigenvalue weighted by atomic mass is 9.70. The number of carbonyl (C=O) groups is 3. The van der Waals surface area contributed by atoms with E-state index >= 15 is 0 Å². The number of amides is 3. The number of hydrogen-bond donors (Lipinski definition) is 1. The molecule has 3 fully saturated rings. The number of likely N-dealkylation sites (tertiary alicyclic amines) is 1. The lowest BCUT2D eigenvalue weighted by Gasteiger charge is -2.39. The van der Waals surface area contributed by atoms with Gasteiger partial charge in [0.15, 0.2) is 0 Å². The summed E-state index contributed by atoms with van der Waals surface area (Å²) in [5, 5.41) is 10.4. The van der Waals surface area contributed by atoms with Crippen LogP contribution >= 0.6 is 39.3 Å². The largest absolute Gasteiger partial charge is 0.394 e. The standard InChI is InChI=1S/C28H35BrClN3O4S/c1-5-12-31(13-6-2)25(35)21-22-26(36)33(17(4)16-34)24(28(22)15-18(29)23(21)38-28)27(37)32(14-7-3)20-11-9-8-10-19(20)30/h5,7-11,17-18,21-24,34H,1,3,6,12-16H2,2,4H3/t17-,18?,21-,22+,23-,24?,28?/m1/s1. The minimum Gasteiger partial charge on any atom is -0.394 e.